The number of hydrogen-bond acceptors (Lipinski definition) is 4. The van der Waals surface area contributed by atoms with Crippen LogP contribution in [0.5, 0.6) is 17.2 Å². The molecule has 2 aromatic carbocycles. The van der Waals surface area contributed by atoms with Crippen molar-refractivity contribution in [3.05, 3.63) is 54.1 Å². The molecule has 0 fully saturated rings. The number of rotatable bonds is 8. The summed E-state index contributed by atoms with van der Waals surface area (Å²) < 4.78 is 16.2. The maximum absolute atomic E-state index is 12.3. The molecule has 2 aromatic rings. The predicted octanol–water partition coefficient (Wildman–Crippen LogP) is 3.74. The fourth-order valence-corrected chi connectivity index (χ4v) is 2.35. The molecule has 5 nitrogen and oxygen atoms in total. The van der Waals surface area contributed by atoms with E-state index in [-0.39, 0.29) is 11.9 Å². The van der Waals surface area contributed by atoms with Crippen molar-refractivity contribution in [2.45, 2.75) is 32.9 Å². The van der Waals surface area contributed by atoms with Crippen molar-refractivity contribution in [2.75, 3.05) is 13.7 Å². The Labute approximate surface area is 148 Å². The summed E-state index contributed by atoms with van der Waals surface area (Å²) in [5.74, 6) is 2.02. The molecule has 2 atom stereocenters. The Bertz CT molecular complexity index is 667. The van der Waals surface area contributed by atoms with Gasteiger partial charge in [0, 0.05) is 0 Å². The molecule has 0 heterocycles. The molecule has 1 N–H and O–H groups in total. The first-order chi connectivity index (χ1) is 12.0. The van der Waals surface area contributed by atoms with E-state index in [0.717, 1.165) is 17.1 Å². The second kappa shape index (κ2) is 8.97. The van der Waals surface area contributed by atoms with E-state index in [0.29, 0.717) is 12.4 Å². The van der Waals surface area contributed by atoms with Gasteiger partial charge < -0.3 is 19.5 Å². The summed E-state index contributed by atoms with van der Waals surface area (Å²) in [6, 6.07) is 14.7. The Morgan fingerprint density at radius 3 is 2.08 bits per heavy atom. The minimum atomic E-state index is -0.599. The largest absolute Gasteiger partial charge is 0.497 e. The van der Waals surface area contributed by atoms with Gasteiger partial charge in [0.15, 0.2) is 6.10 Å². The van der Waals surface area contributed by atoms with Gasteiger partial charge in [-0.05, 0) is 62.7 Å². The van der Waals surface area contributed by atoms with Crippen LogP contribution in [-0.2, 0) is 4.79 Å². The molecule has 0 bridgehead atoms. The Kier molecular flexibility index (Phi) is 6.69. The van der Waals surface area contributed by atoms with Crippen molar-refractivity contribution < 1.29 is 19.0 Å². The Morgan fingerprint density at radius 2 is 1.52 bits per heavy atom. The molecule has 0 aliphatic carbocycles. The third-order valence-corrected chi connectivity index (χ3v) is 3.79. The van der Waals surface area contributed by atoms with Crippen LogP contribution in [0.4, 0.5) is 0 Å². The van der Waals surface area contributed by atoms with Crippen LogP contribution in [0.25, 0.3) is 0 Å². The van der Waals surface area contributed by atoms with E-state index in [4.69, 9.17) is 14.2 Å². The molecule has 0 aromatic heterocycles. The second-order valence-corrected chi connectivity index (χ2v) is 5.67. The summed E-state index contributed by atoms with van der Waals surface area (Å²) in [5.41, 5.74) is 1.01. The van der Waals surface area contributed by atoms with E-state index in [2.05, 4.69) is 5.32 Å². The molecular weight excluding hydrogens is 318 g/mol. The molecule has 5 heteroatoms. The van der Waals surface area contributed by atoms with E-state index in [1.54, 1.807) is 38.3 Å². The fraction of sp³-hybridized carbons (Fsp3) is 0.350. The van der Waals surface area contributed by atoms with Crippen LogP contribution in [0.2, 0.25) is 0 Å². The quantitative estimate of drug-likeness (QED) is 0.793. The molecule has 0 aliphatic heterocycles. The van der Waals surface area contributed by atoms with Gasteiger partial charge in [-0.3, -0.25) is 4.79 Å². The summed E-state index contributed by atoms with van der Waals surface area (Å²) >= 11 is 0. The molecule has 0 saturated carbocycles. The molecule has 1 amide bonds. The molecule has 134 valence electrons. The highest BCUT2D eigenvalue weighted by atomic mass is 16.5. The Morgan fingerprint density at radius 1 is 0.960 bits per heavy atom. The van der Waals surface area contributed by atoms with Crippen molar-refractivity contribution in [2.24, 2.45) is 0 Å². The number of ether oxygens (including phenoxy) is 3. The van der Waals surface area contributed by atoms with Gasteiger partial charge in [-0.15, -0.1) is 0 Å². The summed E-state index contributed by atoms with van der Waals surface area (Å²) in [5, 5.41) is 2.96. The van der Waals surface area contributed by atoms with Gasteiger partial charge in [0.2, 0.25) is 0 Å². The van der Waals surface area contributed by atoms with Gasteiger partial charge in [0.25, 0.3) is 5.91 Å². The fourth-order valence-electron chi connectivity index (χ4n) is 2.35. The SMILES string of the molecule is CCOc1ccc([C@H](C)NC(=O)[C@@H](C)Oc2ccc(OC)cc2)cc1. The lowest BCUT2D eigenvalue weighted by molar-refractivity contribution is -0.127. The van der Waals surface area contributed by atoms with Crippen molar-refractivity contribution in [1.29, 1.82) is 0 Å². The summed E-state index contributed by atoms with van der Waals surface area (Å²) in [4.78, 5) is 12.3. The molecular formula is C20H25NO4. The van der Waals surface area contributed by atoms with Crippen LogP contribution in [0.1, 0.15) is 32.4 Å². The minimum absolute atomic E-state index is 0.120. The van der Waals surface area contributed by atoms with Crippen LogP contribution in [0.15, 0.2) is 48.5 Å². The standard InChI is InChI=1S/C20H25NO4/c1-5-24-18-8-6-16(7-9-18)14(2)21-20(22)15(3)25-19-12-10-17(23-4)11-13-19/h6-15H,5H2,1-4H3,(H,21,22)/t14-,15+/m0/s1. The topological polar surface area (TPSA) is 56.8 Å². The van der Waals surface area contributed by atoms with Crippen LogP contribution in [0, 0.1) is 0 Å². The van der Waals surface area contributed by atoms with Gasteiger partial charge in [-0.25, -0.2) is 0 Å². The number of amides is 1. The lowest BCUT2D eigenvalue weighted by atomic mass is 10.1. The second-order valence-electron chi connectivity index (χ2n) is 5.67. The number of hydrogen-bond donors (Lipinski definition) is 1. The molecule has 0 radical (unpaired) electrons. The highest BCUT2D eigenvalue weighted by Crippen LogP contribution is 2.20. The minimum Gasteiger partial charge on any atom is -0.497 e. The molecule has 0 saturated heterocycles. The summed E-state index contributed by atoms with van der Waals surface area (Å²) in [6.45, 7) is 6.24. The molecule has 2 rings (SSSR count). The average molecular weight is 343 g/mol. The zero-order valence-electron chi connectivity index (χ0n) is 15.1. The normalized spacial score (nSPS) is 12.8. The average Bonchev–Trinajstić information content (AvgIpc) is 2.63. The van der Waals surface area contributed by atoms with Crippen molar-refractivity contribution in [3.63, 3.8) is 0 Å². The maximum Gasteiger partial charge on any atom is 0.261 e. The predicted molar refractivity (Wildman–Crippen MR) is 97.3 cm³/mol. The highest BCUT2D eigenvalue weighted by Gasteiger charge is 2.17. The van der Waals surface area contributed by atoms with E-state index in [1.807, 2.05) is 38.1 Å². The first kappa shape index (κ1) is 18.6. The van der Waals surface area contributed by atoms with Crippen molar-refractivity contribution >= 4 is 5.91 Å². The van der Waals surface area contributed by atoms with Gasteiger partial charge in [-0.1, -0.05) is 12.1 Å². The summed E-state index contributed by atoms with van der Waals surface area (Å²) in [6.07, 6.45) is -0.599. The smallest absolute Gasteiger partial charge is 0.261 e. The number of carbonyl (C=O) groups excluding carboxylic acids is 1. The van der Waals surface area contributed by atoms with E-state index >= 15 is 0 Å². The number of nitrogens with one attached hydrogen (secondary N) is 1. The zero-order valence-corrected chi connectivity index (χ0v) is 15.1. The van der Waals surface area contributed by atoms with E-state index in [9.17, 15) is 4.79 Å². The molecule has 0 unspecified atom stereocenters. The van der Waals surface area contributed by atoms with E-state index in [1.165, 1.54) is 0 Å². The lowest BCUT2D eigenvalue weighted by Crippen LogP contribution is -2.37. The van der Waals surface area contributed by atoms with Crippen LogP contribution < -0.4 is 19.5 Å². The van der Waals surface area contributed by atoms with Crippen LogP contribution in [0.3, 0.4) is 0 Å². The maximum atomic E-state index is 12.3. The Balaban J connectivity index is 1.90. The van der Waals surface area contributed by atoms with Crippen LogP contribution >= 0.6 is 0 Å². The highest BCUT2D eigenvalue weighted by molar-refractivity contribution is 5.81. The van der Waals surface area contributed by atoms with Gasteiger partial charge >= 0.3 is 0 Å². The monoisotopic (exact) mass is 343 g/mol. The molecule has 0 aliphatic rings. The van der Waals surface area contributed by atoms with Crippen molar-refractivity contribution in [1.82, 2.24) is 5.32 Å². The number of carbonyl (C=O) groups is 1. The van der Waals surface area contributed by atoms with E-state index < -0.39 is 6.10 Å². The molecule has 0 spiro atoms. The van der Waals surface area contributed by atoms with Crippen LogP contribution in [-0.4, -0.2) is 25.7 Å². The van der Waals surface area contributed by atoms with Crippen molar-refractivity contribution in [3.8, 4) is 17.2 Å². The third kappa shape index (κ3) is 5.41. The zero-order chi connectivity index (χ0) is 18.2. The number of methoxy groups -OCH3 is 1. The first-order valence-electron chi connectivity index (χ1n) is 8.37. The van der Waals surface area contributed by atoms with Gasteiger partial charge in [0.1, 0.15) is 17.2 Å². The van der Waals surface area contributed by atoms with Gasteiger partial charge in [-0.2, -0.15) is 0 Å². The number of benzene rings is 2. The first-order valence-corrected chi connectivity index (χ1v) is 8.37. The Hall–Kier alpha value is -2.69. The molecule has 25 heavy (non-hydrogen) atoms. The summed E-state index contributed by atoms with van der Waals surface area (Å²) in [7, 11) is 1.61. The van der Waals surface area contributed by atoms with Gasteiger partial charge in [0.05, 0.1) is 19.8 Å². The third-order valence-electron chi connectivity index (χ3n) is 3.79. The lowest BCUT2D eigenvalue weighted by Gasteiger charge is -2.19.